The molecule has 0 saturated carbocycles. The molecule has 0 spiro atoms. The van der Waals surface area contributed by atoms with Gasteiger partial charge in [-0.1, -0.05) is 41.4 Å². The summed E-state index contributed by atoms with van der Waals surface area (Å²) in [5.74, 6) is -0.379. The first-order chi connectivity index (χ1) is 13.0. The summed E-state index contributed by atoms with van der Waals surface area (Å²) in [6.45, 7) is 0.263. The molecule has 140 valence electrons. The molecule has 2 aromatic heterocycles. The number of halogens is 2. The van der Waals surface area contributed by atoms with Gasteiger partial charge in [-0.2, -0.15) is 0 Å². The molecule has 0 aliphatic carbocycles. The van der Waals surface area contributed by atoms with E-state index in [-0.39, 0.29) is 24.8 Å². The summed E-state index contributed by atoms with van der Waals surface area (Å²) in [5, 5.41) is 8.84. The molecule has 0 unspecified atom stereocenters. The monoisotopic (exact) mass is 439 g/mol. The standard InChI is InChI=1S/C18H15Cl2N3O2S2/c19-13-4-1-3-11(16(13)20)9-12-10-22-18(27-12)23-15(24)6-7-21-17(25)14-5-2-8-26-14/h1-5,8,10H,6-7,9H2,(H,21,25)(H,22,23,24). The van der Waals surface area contributed by atoms with E-state index in [9.17, 15) is 9.59 Å². The zero-order valence-electron chi connectivity index (χ0n) is 14.0. The molecular weight excluding hydrogens is 425 g/mol. The first kappa shape index (κ1) is 19.8. The second-order valence-corrected chi connectivity index (χ2v) is 8.40. The molecule has 27 heavy (non-hydrogen) atoms. The molecule has 3 aromatic rings. The van der Waals surface area contributed by atoms with Crippen molar-refractivity contribution in [1.82, 2.24) is 10.3 Å². The van der Waals surface area contributed by atoms with E-state index >= 15 is 0 Å². The number of benzene rings is 1. The predicted octanol–water partition coefficient (Wildman–Crippen LogP) is 4.86. The van der Waals surface area contributed by atoms with Crippen molar-refractivity contribution in [1.29, 1.82) is 0 Å². The second-order valence-electron chi connectivity index (χ2n) is 5.55. The number of nitrogens with one attached hydrogen (secondary N) is 2. The summed E-state index contributed by atoms with van der Waals surface area (Å²) in [5.41, 5.74) is 0.905. The van der Waals surface area contributed by atoms with E-state index in [0.717, 1.165) is 10.4 Å². The molecule has 0 atom stereocenters. The number of carbonyl (C=O) groups is 2. The topological polar surface area (TPSA) is 71.1 Å². The number of anilines is 1. The average molecular weight is 440 g/mol. The summed E-state index contributed by atoms with van der Waals surface area (Å²) in [4.78, 5) is 29.6. The van der Waals surface area contributed by atoms with E-state index in [1.807, 2.05) is 23.6 Å². The Labute approximate surface area is 174 Å². The van der Waals surface area contributed by atoms with Gasteiger partial charge in [-0.25, -0.2) is 4.98 Å². The predicted molar refractivity (Wildman–Crippen MR) is 111 cm³/mol. The maximum Gasteiger partial charge on any atom is 0.261 e. The molecular formula is C18H15Cl2N3O2S2. The molecule has 0 aliphatic rings. The molecule has 0 saturated heterocycles. The van der Waals surface area contributed by atoms with Crippen LogP contribution in [0.4, 0.5) is 5.13 Å². The third kappa shape index (κ3) is 5.52. The van der Waals surface area contributed by atoms with Gasteiger partial charge >= 0.3 is 0 Å². The van der Waals surface area contributed by atoms with Crippen LogP contribution in [0, 0.1) is 0 Å². The van der Waals surface area contributed by atoms with Gasteiger partial charge in [0.25, 0.3) is 5.91 Å². The first-order valence-electron chi connectivity index (χ1n) is 8.02. The summed E-state index contributed by atoms with van der Waals surface area (Å²) in [6.07, 6.45) is 2.46. The number of thiophene rings is 1. The third-order valence-electron chi connectivity index (χ3n) is 3.58. The number of amides is 2. The van der Waals surface area contributed by atoms with Crippen molar-refractivity contribution >= 4 is 62.8 Å². The van der Waals surface area contributed by atoms with Crippen LogP contribution in [-0.4, -0.2) is 23.3 Å². The number of nitrogens with zero attached hydrogens (tertiary/aromatic N) is 1. The molecule has 0 fully saturated rings. The van der Waals surface area contributed by atoms with Crippen molar-refractivity contribution < 1.29 is 9.59 Å². The number of rotatable bonds is 7. The molecule has 2 N–H and O–H groups in total. The van der Waals surface area contributed by atoms with Gasteiger partial charge in [0.05, 0.1) is 14.9 Å². The SMILES string of the molecule is O=C(CCNC(=O)c1cccs1)Nc1ncc(Cc2cccc(Cl)c2Cl)s1. The van der Waals surface area contributed by atoms with Gasteiger partial charge in [0.1, 0.15) is 0 Å². The Balaban J connectivity index is 1.48. The van der Waals surface area contributed by atoms with Crippen LogP contribution in [0.1, 0.15) is 26.5 Å². The van der Waals surface area contributed by atoms with Gasteiger partial charge in [0.2, 0.25) is 5.91 Å². The molecule has 5 nitrogen and oxygen atoms in total. The maximum absolute atomic E-state index is 12.0. The summed E-state index contributed by atoms with van der Waals surface area (Å²) >= 11 is 15.0. The minimum atomic E-state index is -0.205. The fraction of sp³-hybridized carbons (Fsp3) is 0.167. The highest BCUT2D eigenvalue weighted by atomic mass is 35.5. The van der Waals surface area contributed by atoms with Crippen LogP contribution in [0.15, 0.2) is 41.9 Å². The highest BCUT2D eigenvalue weighted by molar-refractivity contribution is 7.15. The zero-order valence-corrected chi connectivity index (χ0v) is 17.1. The third-order valence-corrected chi connectivity index (χ3v) is 6.22. The molecule has 3 rings (SSSR count). The lowest BCUT2D eigenvalue weighted by Gasteiger charge is -2.04. The van der Waals surface area contributed by atoms with Gasteiger partial charge in [-0.3, -0.25) is 9.59 Å². The van der Waals surface area contributed by atoms with E-state index in [2.05, 4.69) is 15.6 Å². The summed E-state index contributed by atoms with van der Waals surface area (Å²) < 4.78 is 0. The van der Waals surface area contributed by atoms with E-state index in [0.29, 0.717) is 26.5 Å². The fourth-order valence-electron chi connectivity index (χ4n) is 2.29. The lowest BCUT2D eigenvalue weighted by molar-refractivity contribution is -0.116. The van der Waals surface area contributed by atoms with Gasteiger partial charge in [0.15, 0.2) is 5.13 Å². The Morgan fingerprint density at radius 3 is 2.78 bits per heavy atom. The van der Waals surface area contributed by atoms with Crippen LogP contribution in [-0.2, 0) is 11.2 Å². The largest absolute Gasteiger partial charge is 0.351 e. The van der Waals surface area contributed by atoms with Crippen molar-refractivity contribution in [3.63, 3.8) is 0 Å². The Morgan fingerprint density at radius 1 is 1.15 bits per heavy atom. The zero-order chi connectivity index (χ0) is 19.2. The van der Waals surface area contributed by atoms with Crippen molar-refractivity contribution in [2.45, 2.75) is 12.8 Å². The Kier molecular flexibility index (Phi) is 6.84. The molecule has 1 aromatic carbocycles. The van der Waals surface area contributed by atoms with E-state index < -0.39 is 0 Å². The lowest BCUT2D eigenvalue weighted by atomic mass is 10.1. The quantitative estimate of drug-likeness (QED) is 0.551. The van der Waals surface area contributed by atoms with Gasteiger partial charge in [-0.05, 0) is 23.1 Å². The summed E-state index contributed by atoms with van der Waals surface area (Å²) in [7, 11) is 0. The average Bonchev–Trinajstić information content (AvgIpc) is 3.31. The number of carbonyl (C=O) groups excluding carboxylic acids is 2. The van der Waals surface area contributed by atoms with Crippen molar-refractivity contribution in [2.75, 3.05) is 11.9 Å². The normalized spacial score (nSPS) is 10.6. The van der Waals surface area contributed by atoms with Crippen molar-refractivity contribution in [2.24, 2.45) is 0 Å². The number of aromatic nitrogens is 1. The molecule has 0 bridgehead atoms. The van der Waals surface area contributed by atoms with Crippen LogP contribution < -0.4 is 10.6 Å². The number of thiazole rings is 1. The highest BCUT2D eigenvalue weighted by Gasteiger charge is 2.11. The second kappa shape index (κ2) is 9.32. The molecule has 9 heteroatoms. The van der Waals surface area contributed by atoms with Gasteiger partial charge in [-0.15, -0.1) is 22.7 Å². The molecule has 2 amide bonds. The van der Waals surface area contributed by atoms with E-state index in [4.69, 9.17) is 23.2 Å². The van der Waals surface area contributed by atoms with E-state index in [1.165, 1.54) is 22.7 Å². The van der Waals surface area contributed by atoms with Crippen LogP contribution in [0.5, 0.6) is 0 Å². The minimum absolute atomic E-state index is 0.173. The summed E-state index contributed by atoms with van der Waals surface area (Å²) in [6, 6.07) is 9.04. The number of hydrogen-bond acceptors (Lipinski definition) is 5. The Morgan fingerprint density at radius 2 is 2.00 bits per heavy atom. The fourth-order valence-corrected chi connectivity index (χ4v) is 4.16. The molecule has 2 heterocycles. The van der Waals surface area contributed by atoms with Crippen LogP contribution in [0.3, 0.4) is 0 Å². The van der Waals surface area contributed by atoms with E-state index in [1.54, 1.807) is 18.3 Å². The van der Waals surface area contributed by atoms with Crippen molar-refractivity contribution in [3.8, 4) is 0 Å². The van der Waals surface area contributed by atoms with Gasteiger partial charge in [0, 0.05) is 30.5 Å². The minimum Gasteiger partial charge on any atom is -0.351 e. The Bertz CT molecular complexity index is 942. The highest BCUT2D eigenvalue weighted by Crippen LogP contribution is 2.29. The Hall–Kier alpha value is -1.93. The molecule has 0 radical (unpaired) electrons. The lowest BCUT2D eigenvalue weighted by Crippen LogP contribution is -2.27. The maximum atomic E-state index is 12.0. The first-order valence-corrected chi connectivity index (χ1v) is 10.5. The molecule has 0 aliphatic heterocycles. The number of hydrogen-bond donors (Lipinski definition) is 2. The van der Waals surface area contributed by atoms with Crippen LogP contribution >= 0.6 is 45.9 Å². The smallest absolute Gasteiger partial charge is 0.261 e. The van der Waals surface area contributed by atoms with Crippen LogP contribution in [0.25, 0.3) is 0 Å². The van der Waals surface area contributed by atoms with Gasteiger partial charge < -0.3 is 10.6 Å². The van der Waals surface area contributed by atoms with Crippen molar-refractivity contribution in [3.05, 3.63) is 67.3 Å². The van der Waals surface area contributed by atoms with Crippen LogP contribution in [0.2, 0.25) is 10.0 Å².